The van der Waals surface area contributed by atoms with Crippen LogP contribution in [-0.4, -0.2) is 39.7 Å². The van der Waals surface area contributed by atoms with Crippen LogP contribution < -0.4 is 4.74 Å². The third kappa shape index (κ3) is 3.80. The Morgan fingerprint density at radius 2 is 1.89 bits per heavy atom. The van der Waals surface area contributed by atoms with Crippen LogP contribution >= 0.6 is 0 Å². The van der Waals surface area contributed by atoms with Crippen LogP contribution in [0.25, 0.3) is 10.8 Å². The fraction of sp³-hybridized carbons (Fsp3) is 0.300. The first-order valence-corrected chi connectivity index (χ1v) is 8.79. The molecule has 0 unspecified atom stereocenters. The predicted molar refractivity (Wildman–Crippen MR) is 105 cm³/mol. The second-order valence-electron chi connectivity index (χ2n) is 6.73. The topological polar surface area (TPSA) is 90.5 Å². The Labute approximate surface area is 162 Å². The maximum Gasteiger partial charge on any atom is 0.312 e. The van der Waals surface area contributed by atoms with Crippen LogP contribution in [0.4, 0.5) is 5.69 Å². The summed E-state index contributed by atoms with van der Waals surface area (Å²) >= 11 is 0. The number of rotatable bonds is 6. The van der Waals surface area contributed by atoms with Crippen molar-refractivity contribution in [2.24, 2.45) is 0 Å². The number of ether oxygens (including phenoxy) is 1. The van der Waals surface area contributed by atoms with Gasteiger partial charge in [-0.2, -0.15) is 5.10 Å². The van der Waals surface area contributed by atoms with E-state index in [-0.39, 0.29) is 18.1 Å². The Hall–Kier alpha value is -3.42. The van der Waals surface area contributed by atoms with E-state index in [1.165, 1.54) is 4.68 Å². The first kappa shape index (κ1) is 19.3. The summed E-state index contributed by atoms with van der Waals surface area (Å²) in [5.74, 6) is 0.627. The Morgan fingerprint density at radius 1 is 1.21 bits per heavy atom. The normalized spacial score (nSPS) is 10.9. The van der Waals surface area contributed by atoms with Gasteiger partial charge in [-0.1, -0.05) is 18.2 Å². The van der Waals surface area contributed by atoms with Gasteiger partial charge in [-0.05, 0) is 48.4 Å². The van der Waals surface area contributed by atoms with Crippen molar-refractivity contribution in [2.45, 2.75) is 26.9 Å². The van der Waals surface area contributed by atoms with Gasteiger partial charge in [0.15, 0.2) is 0 Å². The molecule has 1 aromatic heterocycles. The lowest BCUT2D eigenvalue weighted by Gasteiger charge is -2.18. The number of nitrogens with zero attached hydrogens (tertiary/aromatic N) is 4. The number of aromatic nitrogens is 2. The molecule has 3 rings (SSSR count). The zero-order chi connectivity index (χ0) is 20.4. The first-order valence-electron chi connectivity index (χ1n) is 8.79. The molecule has 146 valence electrons. The molecule has 0 bridgehead atoms. The van der Waals surface area contributed by atoms with E-state index in [4.69, 9.17) is 4.74 Å². The van der Waals surface area contributed by atoms with E-state index in [1.807, 2.05) is 36.4 Å². The van der Waals surface area contributed by atoms with Gasteiger partial charge in [0.25, 0.3) is 0 Å². The van der Waals surface area contributed by atoms with Crippen LogP contribution in [0.5, 0.6) is 5.75 Å². The average Bonchev–Trinajstić information content (AvgIpc) is 2.94. The molecule has 28 heavy (non-hydrogen) atoms. The maximum atomic E-state index is 12.6. The summed E-state index contributed by atoms with van der Waals surface area (Å²) in [6.45, 7) is 3.56. The lowest BCUT2D eigenvalue weighted by atomic mass is 10.1. The fourth-order valence-electron chi connectivity index (χ4n) is 3.22. The third-order valence-electron chi connectivity index (χ3n) is 4.77. The van der Waals surface area contributed by atoms with Crippen molar-refractivity contribution < 1.29 is 14.5 Å². The Balaban J connectivity index is 1.73. The van der Waals surface area contributed by atoms with Crippen molar-refractivity contribution in [3.63, 3.8) is 0 Å². The van der Waals surface area contributed by atoms with Crippen LogP contribution in [0.1, 0.15) is 17.0 Å². The van der Waals surface area contributed by atoms with Crippen molar-refractivity contribution in [3.8, 4) is 5.75 Å². The second-order valence-corrected chi connectivity index (χ2v) is 6.73. The summed E-state index contributed by atoms with van der Waals surface area (Å²) in [5, 5.41) is 17.4. The Kier molecular flexibility index (Phi) is 5.30. The molecule has 0 aliphatic carbocycles. The number of aryl methyl sites for hydroxylation is 1. The molecule has 0 fully saturated rings. The molecule has 0 spiro atoms. The summed E-state index contributed by atoms with van der Waals surface area (Å²) in [5.41, 5.74) is 1.64. The SMILES string of the molecule is COc1ccc2cc(CN(C)C(=O)Cn3nc(C)c([N+](=O)[O-])c3C)ccc2c1. The largest absolute Gasteiger partial charge is 0.497 e. The summed E-state index contributed by atoms with van der Waals surface area (Å²) in [6.07, 6.45) is 0. The van der Waals surface area contributed by atoms with E-state index < -0.39 is 4.92 Å². The minimum Gasteiger partial charge on any atom is -0.497 e. The fourth-order valence-corrected chi connectivity index (χ4v) is 3.22. The van der Waals surface area contributed by atoms with E-state index in [0.29, 0.717) is 17.9 Å². The highest BCUT2D eigenvalue weighted by molar-refractivity contribution is 5.84. The van der Waals surface area contributed by atoms with Crippen LogP contribution in [0.2, 0.25) is 0 Å². The van der Waals surface area contributed by atoms with E-state index in [1.54, 1.807) is 32.9 Å². The van der Waals surface area contributed by atoms with Gasteiger partial charge in [0.05, 0.1) is 12.0 Å². The molecule has 8 nitrogen and oxygen atoms in total. The molecule has 0 aliphatic heterocycles. The van der Waals surface area contributed by atoms with Crippen LogP contribution in [0.3, 0.4) is 0 Å². The lowest BCUT2D eigenvalue weighted by Crippen LogP contribution is -2.30. The molecule has 1 heterocycles. The monoisotopic (exact) mass is 382 g/mol. The number of likely N-dealkylation sites (N-methyl/N-ethyl adjacent to an activating group) is 1. The van der Waals surface area contributed by atoms with Crippen molar-refractivity contribution in [1.82, 2.24) is 14.7 Å². The van der Waals surface area contributed by atoms with Crippen molar-refractivity contribution in [1.29, 1.82) is 0 Å². The van der Waals surface area contributed by atoms with E-state index >= 15 is 0 Å². The number of carbonyl (C=O) groups excluding carboxylic acids is 1. The highest BCUT2D eigenvalue weighted by Crippen LogP contribution is 2.23. The first-order chi connectivity index (χ1) is 13.3. The van der Waals surface area contributed by atoms with Gasteiger partial charge in [-0.25, -0.2) is 0 Å². The third-order valence-corrected chi connectivity index (χ3v) is 4.77. The summed E-state index contributed by atoms with van der Waals surface area (Å²) in [6, 6.07) is 11.8. The number of benzene rings is 2. The molecule has 0 aliphatic rings. The van der Waals surface area contributed by atoms with E-state index in [9.17, 15) is 14.9 Å². The average molecular weight is 382 g/mol. The Morgan fingerprint density at radius 3 is 2.54 bits per heavy atom. The minimum absolute atomic E-state index is 0.0399. The van der Waals surface area contributed by atoms with Crippen molar-refractivity contribution in [2.75, 3.05) is 14.2 Å². The van der Waals surface area contributed by atoms with E-state index in [0.717, 1.165) is 22.1 Å². The number of amides is 1. The molecule has 0 atom stereocenters. The van der Waals surface area contributed by atoms with Gasteiger partial charge < -0.3 is 9.64 Å². The van der Waals surface area contributed by atoms with Crippen LogP contribution in [0.15, 0.2) is 36.4 Å². The minimum atomic E-state index is -0.466. The van der Waals surface area contributed by atoms with Crippen LogP contribution in [0, 0.1) is 24.0 Å². The number of hydrogen-bond acceptors (Lipinski definition) is 5. The lowest BCUT2D eigenvalue weighted by molar-refractivity contribution is -0.386. The molecule has 0 radical (unpaired) electrons. The van der Waals surface area contributed by atoms with Gasteiger partial charge in [0.2, 0.25) is 5.91 Å². The van der Waals surface area contributed by atoms with Crippen LogP contribution in [-0.2, 0) is 17.9 Å². The van der Waals surface area contributed by atoms with Gasteiger partial charge in [0.1, 0.15) is 23.7 Å². The predicted octanol–water partition coefficient (Wildman–Crippen LogP) is 3.23. The van der Waals surface area contributed by atoms with Crippen molar-refractivity contribution in [3.05, 3.63) is 63.5 Å². The molecule has 8 heteroatoms. The summed E-state index contributed by atoms with van der Waals surface area (Å²) in [7, 11) is 3.34. The van der Waals surface area contributed by atoms with Gasteiger partial charge in [-0.3, -0.25) is 19.6 Å². The number of methoxy groups -OCH3 is 1. The molecular weight excluding hydrogens is 360 g/mol. The molecule has 0 saturated carbocycles. The molecule has 0 saturated heterocycles. The zero-order valence-electron chi connectivity index (χ0n) is 16.3. The molecule has 0 N–H and O–H groups in total. The van der Waals surface area contributed by atoms with Crippen molar-refractivity contribution >= 4 is 22.4 Å². The summed E-state index contributed by atoms with van der Waals surface area (Å²) < 4.78 is 6.62. The number of fused-ring (bicyclic) bond motifs is 1. The highest BCUT2D eigenvalue weighted by Gasteiger charge is 2.23. The Bertz CT molecular complexity index is 1060. The van der Waals surface area contributed by atoms with Gasteiger partial charge in [-0.15, -0.1) is 0 Å². The van der Waals surface area contributed by atoms with E-state index in [2.05, 4.69) is 5.10 Å². The number of hydrogen-bond donors (Lipinski definition) is 0. The molecule has 3 aromatic rings. The maximum absolute atomic E-state index is 12.6. The van der Waals surface area contributed by atoms with Gasteiger partial charge in [0, 0.05) is 13.6 Å². The standard InChI is InChI=1S/C20H22N4O4/c1-13-20(24(26)27)14(2)23(21-13)12-19(25)22(3)11-15-5-6-17-10-18(28-4)8-7-16(17)9-15/h5-10H,11-12H2,1-4H3. The second kappa shape index (κ2) is 7.67. The highest BCUT2D eigenvalue weighted by atomic mass is 16.6. The summed E-state index contributed by atoms with van der Waals surface area (Å²) in [4.78, 5) is 24.8. The molecule has 1 amide bonds. The quantitative estimate of drug-likeness (QED) is 0.482. The smallest absolute Gasteiger partial charge is 0.312 e. The zero-order valence-corrected chi connectivity index (χ0v) is 16.3. The molecular formula is C20H22N4O4. The number of nitro groups is 1. The number of carbonyl (C=O) groups is 1. The van der Waals surface area contributed by atoms with Gasteiger partial charge >= 0.3 is 5.69 Å². The molecule has 2 aromatic carbocycles.